The topological polar surface area (TPSA) is 46.9 Å². The highest BCUT2D eigenvalue weighted by Crippen LogP contribution is 2.33. The monoisotopic (exact) mass is 351 g/mol. The molecule has 1 atom stereocenters. The number of hydrogen-bond donors (Lipinski definition) is 1. The molecule has 0 radical (unpaired) electrons. The number of Topliss-reactive ketones (excluding diaryl/α,β-unsaturated/α-hetero) is 1. The molecule has 25 heavy (non-hydrogen) atoms. The molecule has 4 nitrogen and oxygen atoms in total. The van der Waals surface area contributed by atoms with Crippen LogP contribution in [0, 0.1) is 5.92 Å². The third kappa shape index (κ3) is 3.05. The van der Waals surface area contributed by atoms with Gasteiger partial charge in [0, 0.05) is 17.1 Å². The first-order chi connectivity index (χ1) is 12.1. The molecule has 1 N–H and O–H groups in total. The molecule has 5 heteroatoms. The van der Waals surface area contributed by atoms with Crippen LogP contribution < -0.4 is 5.32 Å². The fourth-order valence-electron chi connectivity index (χ4n) is 3.30. The molecule has 126 valence electrons. The number of ketones is 1. The van der Waals surface area contributed by atoms with Gasteiger partial charge in [0.1, 0.15) is 0 Å². The highest BCUT2D eigenvalue weighted by molar-refractivity contribution is 6.30. The van der Waals surface area contributed by atoms with E-state index in [9.17, 15) is 4.79 Å². The predicted octanol–water partition coefficient (Wildman–Crippen LogP) is 5.03. The van der Waals surface area contributed by atoms with Crippen LogP contribution in [0.3, 0.4) is 0 Å². The van der Waals surface area contributed by atoms with Crippen molar-refractivity contribution in [3.05, 3.63) is 70.9 Å². The lowest BCUT2D eigenvalue weighted by atomic mass is 9.87. The lowest BCUT2D eigenvalue weighted by Gasteiger charge is -2.19. The van der Waals surface area contributed by atoms with Gasteiger partial charge in [0.15, 0.2) is 11.6 Å². The SMILES string of the molecule is C[C@@H]1CC(=O)c2c(Nc3ccc(Cl)cc3)nn(-c3ccccc3)c2C1. The van der Waals surface area contributed by atoms with Crippen molar-refractivity contribution in [2.75, 3.05) is 5.32 Å². The first-order valence-electron chi connectivity index (χ1n) is 8.35. The van der Waals surface area contributed by atoms with Gasteiger partial charge >= 0.3 is 0 Å². The number of anilines is 2. The zero-order chi connectivity index (χ0) is 17.4. The van der Waals surface area contributed by atoms with Crippen LogP contribution in [-0.4, -0.2) is 15.6 Å². The van der Waals surface area contributed by atoms with Gasteiger partial charge in [-0.1, -0.05) is 36.7 Å². The summed E-state index contributed by atoms with van der Waals surface area (Å²) in [7, 11) is 0. The first-order valence-corrected chi connectivity index (χ1v) is 8.72. The number of carbonyl (C=O) groups excluding carboxylic acids is 1. The van der Waals surface area contributed by atoms with Gasteiger partial charge in [-0.2, -0.15) is 0 Å². The summed E-state index contributed by atoms with van der Waals surface area (Å²) in [6.07, 6.45) is 1.40. The molecule has 0 saturated carbocycles. The molecule has 3 aromatic rings. The second-order valence-corrected chi connectivity index (χ2v) is 6.92. The molecular formula is C20H18ClN3O. The Hall–Kier alpha value is -2.59. The summed E-state index contributed by atoms with van der Waals surface area (Å²) in [5.41, 5.74) is 3.50. The molecule has 2 aromatic carbocycles. The number of nitrogens with one attached hydrogen (secondary N) is 1. The Bertz CT molecular complexity index is 916. The number of carbonyl (C=O) groups is 1. The number of halogens is 1. The first kappa shape index (κ1) is 15.9. The maximum absolute atomic E-state index is 12.7. The third-order valence-electron chi connectivity index (χ3n) is 4.44. The van der Waals surface area contributed by atoms with E-state index in [1.165, 1.54) is 0 Å². The average molecular weight is 352 g/mol. The number of para-hydroxylation sites is 1. The Morgan fingerprint density at radius 1 is 1.08 bits per heavy atom. The van der Waals surface area contributed by atoms with Crippen LogP contribution in [0.1, 0.15) is 29.4 Å². The minimum atomic E-state index is 0.146. The van der Waals surface area contributed by atoms with E-state index in [1.807, 2.05) is 59.3 Å². The van der Waals surface area contributed by atoms with Crippen molar-refractivity contribution in [1.82, 2.24) is 9.78 Å². The predicted molar refractivity (Wildman–Crippen MR) is 100 cm³/mol. The molecule has 0 fully saturated rings. The summed E-state index contributed by atoms with van der Waals surface area (Å²) in [5.74, 6) is 1.08. The van der Waals surface area contributed by atoms with Crippen molar-refractivity contribution >= 4 is 28.9 Å². The second-order valence-electron chi connectivity index (χ2n) is 6.49. The molecule has 4 rings (SSSR count). The maximum atomic E-state index is 12.7. The fourth-order valence-corrected chi connectivity index (χ4v) is 3.42. The van der Waals surface area contributed by atoms with Gasteiger partial charge in [-0.3, -0.25) is 4.79 Å². The number of fused-ring (bicyclic) bond motifs is 1. The lowest BCUT2D eigenvalue weighted by Crippen LogP contribution is -2.19. The van der Waals surface area contributed by atoms with Gasteiger partial charge in [-0.05, 0) is 48.7 Å². The third-order valence-corrected chi connectivity index (χ3v) is 4.70. The Morgan fingerprint density at radius 3 is 2.52 bits per heavy atom. The van der Waals surface area contributed by atoms with E-state index in [-0.39, 0.29) is 5.78 Å². The van der Waals surface area contributed by atoms with E-state index < -0.39 is 0 Å². The largest absolute Gasteiger partial charge is 0.338 e. The minimum Gasteiger partial charge on any atom is -0.338 e. The molecule has 0 saturated heterocycles. The van der Waals surface area contributed by atoms with Crippen LogP contribution in [-0.2, 0) is 6.42 Å². The number of hydrogen-bond acceptors (Lipinski definition) is 3. The van der Waals surface area contributed by atoms with Gasteiger partial charge in [0.25, 0.3) is 0 Å². The van der Waals surface area contributed by atoms with Crippen molar-refractivity contribution in [2.45, 2.75) is 19.8 Å². The summed E-state index contributed by atoms with van der Waals surface area (Å²) in [4.78, 5) is 12.7. The van der Waals surface area contributed by atoms with Crippen LogP contribution in [0.5, 0.6) is 0 Å². The Balaban J connectivity index is 1.82. The molecule has 0 spiro atoms. The normalized spacial score (nSPS) is 16.6. The number of benzene rings is 2. The number of rotatable bonds is 3. The van der Waals surface area contributed by atoms with E-state index in [1.54, 1.807) is 0 Å². The summed E-state index contributed by atoms with van der Waals surface area (Å²) in [6.45, 7) is 2.11. The van der Waals surface area contributed by atoms with Gasteiger partial charge in [-0.15, -0.1) is 5.10 Å². The van der Waals surface area contributed by atoms with Crippen LogP contribution in [0.4, 0.5) is 11.5 Å². The van der Waals surface area contributed by atoms with Gasteiger partial charge in [0.2, 0.25) is 0 Å². The second kappa shape index (κ2) is 6.37. The van der Waals surface area contributed by atoms with Crippen molar-refractivity contribution in [2.24, 2.45) is 5.92 Å². The van der Waals surface area contributed by atoms with Crippen molar-refractivity contribution in [3.8, 4) is 5.69 Å². The number of nitrogens with zero attached hydrogens (tertiary/aromatic N) is 2. The smallest absolute Gasteiger partial charge is 0.168 e. The van der Waals surface area contributed by atoms with Gasteiger partial charge in [0.05, 0.1) is 16.9 Å². The summed E-state index contributed by atoms with van der Waals surface area (Å²) in [5, 5.41) is 8.67. The summed E-state index contributed by atoms with van der Waals surface area (Å²) in [6, 6.07) is 17.3. The molecule has 1 aliphatic rings. The van der Waals surface area contributed by atoms with Crippen molar-refractivity contribution < 1.29 is 4.79 Å². The minimum absolute atomic E-state index is 0.146. The molecule has 1 aromatic heterocycles. The van der Waals surface area contributed by atoms with E-state index in [4.69, 9.17) is 16.7 Å². The molecule has 0 unspecified atom stereocenters. The van der Waals surface area contributed by atoms with E-state index >= 15 is 0 Å². The molecular weight excluding hydrogens is 334 g/mol. The zero-order valence-electron chi connectivity index (χ0n) is 13.9. The highest BCUT2D eigenvalue weighted by atomic mass is 35.5. The Morgan fingerprint density at radius 2 is 1.80 bits per heavy atom. The van der Waals surface area contributed by atoms with Gasteiger partial charge < -0.3 is 5.32 Å². The average Bonchev–Trinajstić information content (AvgIpc) is 2.96. The summed E-state index contributed by atoms with van der Waals surface area (Å²) < 4.78 is 1.89. The van der Waals surface area contributed by atoms with Gasteiger partial charge in [-0.25, -0.2) is 4.68 Å². The molecule has 1 aliphatic carbocycles. The van der Waals surface area contributed by atoms with E-state index in [2.05, 4.69) is 12.2 Å². The van der Waals surface area contributed by atoms with E-state index in [0.717, 1.165) is 23.5 Å². The fraction of sp³-hybridized carbons (Fsp3) is 0.200. The Kier molecular flexibility index (Phi) is 4.06. The lowest BCUT2D eigenvalue weighted by molar-refractivity contribution is 0.0953. The van der Waals surface area contributed by atoms with Crippen LogP contribution in [0.15, 0.2) is 54.6 Å². The molecule has 0 amide bonds. The van der Waals surface area contributed by atoms with Crippen molar-refractivity contribution in [1.29, 1.82) is 0 Å². The van der Waals surface area contributed by atoms with Crippen molar-refractivity contribution in [3.63, 3.8) is 0 Å². The van der Waals surface area contributed by atoms with Crippen LogP contribution >= 0.6 is 11.6 Å². The molecule has 1 heterocycles. The number of aromatic nitrogens is 2. The van der Waals surface area contributed by atoms with E-state index in [0.29, 0.717) is 28.7 Å². The van der Waals surface area contributed by atoms with Crippen LogP contribution in [0.25, 0.3) is 5.69 Å². The maximum Gasteiger partial charge on any atom is 0.168 e. The van der Waals surface area contributed by atoms with Crippen LogP contribution in [0.2, 0.25) is 5.02 Å². The Labute approximate surface area is 151 Å². The molecule has 0 bridgehead atoms. The molecule has 0 aliphatic heterocycles. The summed E-state index contributed by atoms with van der Waals surface area (Å²) >= 11 is 5.95. The quantitative estimate of drug-likeness (QED) is 0.719. The standard InChI is InChI=1S/C20H18ClN3O/c1-13-11-17-19(18(25)12-13)20(22-15-9-7-14(21)8-10-15)23-24(17)16-5-3-2-4-6-16/h2-10,13H,11-12H2,1H3,(H,22,23)/t13-/m0/s1. The zero-order valence-corrected chi connectivity index (χ0v) is 14.6. The highest BCUT2D eigenvalue weighted by Gasteiger charge is 2.31.